The normalized spacial score (nSPS) is 17.4. The summed E-state index contributed by atoms with van der Waals surface area (Å²) in [5.74, 6) is 0.0590. The first-order valence-corrected chi connectivity index (χ1v) is 7.26. The number of carbonyl (C=O) groups is 1. The summed E-state index contributed by atoms with van der Waals surface area (Å²) < 4.78 is 1.73. The van der Waals surface area contributed by atoms with Crippen LogP contribution in [-0.2, 0) is 0 Å². The smallest absolute Gasteiger partial charge is 0.356 e. The number of carboxylic acids is 1. The second kappa shape index (κ2) is 5.37. The number of carboxylic acid groups (broad SMARTS) is 1. The SMILES string of the molecule is CCN1CCC(c2nc(C(=O)O)c3ccc(O)cn23)CC1. The highest BCUT2D eigenvalue weighted by atomic mass is 16.4. The first-order chi connectivity index (χ1) is 10.1. The highest BCUT2D eigenvalue weighted by Gasteiger charge is 2.26. The van der Waals surface area contributed by atoms with Crippen LogP contribution in [0.4, 0.5) is 0 Å². The van der Waals surface area contributed by atoms with Crippen molar-refractivity contribution in [2.45, 2.75) is 25.7 Å². The third kappa shape index (κ3) is 2.47. The Balaban J connectivity index is 2.02. The number of aromatic carboxylic acids is 1. The van der Waals surface area contributed by atoms with Crippen molar-refractivity contribution in [1.29, 1.82) is 0 Å². The maximum absolute atomic E-state index is 11.3. The Morgan fingerprint density at radius 1 is 1.38 bits per heavy atom. The van der Waals surface area contributed by atoms with Gasteiger partial charge in [-0.1, -0.05) is 6.92 Å². The maximum atomic E-state index is 11.3. The highest BCUT2D eigenvalue weighted by Crippen LogP contribution is 2.30. The number of piperidine rings is 1. The van der Waals surface area contributed by atoms with Crippen LogP contribution in [0.3, 0.4) is 0 Å². The third-order valence-electron chi connectivity index (χ3n) is 4.25. The van der Waals surface area contributed by atoms with Crippen molar-refractivity contribution in [3.8, 4) is 5.75 Å². The molecule has 2 aromatic rings. The van der Waals surface area contributed by atoms with E-state index in [1.54, 1.807) is 16.7 Å². The molecular formula is C15H19N3O3. The number of aromatic nitrogens is 2. The van der Waals surface area contributed by atoms with E-state index in [-0.39, 0.29) is 17.4 Å². The second-order valence-corrected chi connectivity index (χ2v) is 5.47. The summed E-state index contributed by atoms with van der Waals surface area (Å²) in [5, 5.41) is 19.0. The monoisotopic (exact) mass is 289 g/mol. The van der Waals surface area contributed by atoms with Gasteiger partial charge < -0.3 is 15.1 Å². The molecule has 112 valence electrons. The van der Waals surface area contributed by atoms with Gasteiger partial charge in [-0.15, -0.1) is 0 Å². The lowest BCUT2D eigenvalue weighted by atomic mass is 9.96. The molecule has 6 heteroatoms. The molecule has 0 aliphatic carbocycles. The zero-order valence-electron chi connectivity index (χ0n) is 12.0. The predicted octanol–water partition coefficient (Wildman–Crippen LogP) is 1.94. The van der Waals surface area contributed by atoms with Gasteiger partial charge in [0.1, 0.15) is 11.6 Å². The molecule has 0 amide bonds. The quantitative estimate of drug-likeness (QED) is 0.903. The van der Waals surface area contributed by atoms with Gasteiger partial charge in [0.2, 0.25) is 0 Å². The molecule has 2 N–H and O–H groups in total. The van der Waals surface area contributed by atoms with E-state index < -0.39 is 5.97 Å². The molecule has 6 nitrogen and oxygen atoms in total. The summed E-state index contributed by atoms with van der Waals surface area (Å²) >= 11 is 0. The zero-order valence-corrected chi connectivity index (χ0v) is 12.0. The lowest BCUT2D eigenvalue weighted by molar-refractivity contribution is 0.0693. The van der Waals surface area contributed by atoms with Gasteiger partial charge in [0, 0.05) is 5.92 Å². The van der Waals surface area contributed by atoms with E-state index in [9.17, 15) is 15.0 Å². The Morgan fingerprint density at radius 2 is 2.10 bits per heavy atom. The molecule has 3 heterocycles. The average Bonchev–Trinajstić information content (AvgIpc) is 2.86. The molecule has 1 aliphatic rings. The molecule has 2 aromatic heterocycles. The lowest BCUT2D eigenvalue weighted by Crippen LogP contribution is -2.33. The van der Waals surface area contributed by atoms with E-state index >= 15 is 0 Å². The van der Waals surface area contributed by atoms with Crippen molar-refractivity contribution in [1.82, 2.24) is 14.3 Å². The van der Waals surface area contributed by atoms with Crippen molar-refractivity contribution in [3.05, 3.63) is 29.8 Å². The summed E-state index contributed by atoms with van der Waals surface area (Å²) in [4.78, 5) is 18.1. The molecule has 0 bridgehead atoms. The van der Waals surface area contributed by atoms with Crippen molar-refractivity contribution < 1.29 is 15.0 Å². The number of pyridine rings is 1. The van der Waals surface area contributed by atoms with E-state index in [1.807, 2.05) is 0 Å². The minimum atomic E-state index is -1.03. The number of rotatable bonds is 3. The topological polar surface area (TPSA) is 78.1 Å². The van der Waals surface area contributed by atoms with Crippen LogP contribution < -0.4 is 0 Å². The summed E-state index contributed by atoms with van der Waals surface area (Å²) in [6.07, 6.45) is 3.47. The van der Waals surface area contributed by atoms with E-state index in [4.69, 9.17) is 0 Å². The molecule has 0 atom stereocenters. The number of likely N-dealkylation sites (tertiary alicyclic amines) is 1. The van der Waals surface area contributed by atoms with Crippen LogP contribution >= 0.6 is 0 Å². The van der Waals surface area contributed by atoms with Gasteiger partial charge in [-0.3, -0.25) is 4.40 Å². The molecule has 0 saturated carbocycles. The standard InChI is InChI=1S/C15H19N3O3/c1-2-17-7-5-10(6-8-17)14-16-13(15(20)21)12-4-3-11(19)9-18(12)14/h3-4,9-10,19H,2,5-8H2,1H3,(H,20,21). The molecule has 1 aliphatic heterocycles. The molecule has 0 spiro atoms. The van der Waals surface area contributed by atoms with Crippen molar-refractivity contribution in [3.63, 3.8) is 0 Å². The molecule has 0 aromatic carbocycles. The fourth-order valence-electron chi connectivity index (χ4n) is 3.05. The van der Waals surface area contributed by atoms with E-state index in [0.717, 1.165) is 38.3 Å². The Labute approximate surface area is 122 Å². The Morgan fingerprint density at radius 3 is 2.71 bits per heavy atom. The predicted molar refractivity (Wildman–Crippen MR) is 77.9 cm³/mol. The molecule has 0 radical (unpaired) electrons. The summed E-state index contributed by atoms with van der Waals surface area (Å²) in [5.41, 5.74) is 0.594. The van der Waals surface area contributed by atoms with Crippen LogP contribution in [-0.4, -0.2) is 50.1 Å². The van der Waals surface area contributed by atoms with Gasteiger partial charge in [0.15, 0.2) is 5.69 Å². The van der Waals surface area contributed by atoms with E-state index in [2.05, 4.69) is 16.8 Å². The van der Waals surface area contributed by atoms with Gasteiger partial charge in [0.05, 0.1) is 11.7 Å². The van der Waals surface area contributed by atoms with E-state index in [1.165, 1.54) is 6.07 Å². The van der Waals surface area contributed by atoms with Crippen LogP contribution in [0.15, 0.2) is 18.3 Å². The lowest BCUT2D eigenvalue weighted by Gasteiger charge is -2.30. The van der Waals surface area contributed by atoms with Crippen LogP contribution in [0, 0.1) is 0 Å². The van der Waals surface area contributed by atoms with Crippen molar-refractivity contribution in [2.75, 3.05) is 19.6 Å². The number of fused-ring (bicyclic) bond motifs is 1. The molecule has 1 fully saturated rings. The highest BCUT2D eigenvalue weighted by molar-refractivity contribution is 5.93. The summed E-state index contributed by atoms with van der Waals surface area (Å²) in [7, 11) is 0. The fraction of sp³-hybridized carbons (Fsp3) is 0.467. The van der Waals surface area contributed by atoms with Crippen molar-refractivity contribution in [2.24, 2.45) is 0 Å². The molecule has 1 saturated heterocycles. The van der Waals surface area contributed by atoms with Gasteiger partial charge in [-0.25, -0.2) is 9.78 Å². The summed E-state index contributed by atoms with van der Waals surface area (Å²) in [6, 6.07) is 3.10. The van der Waals surface area contributed by atoms with Gasteiger partial charge in [-0.05, 0) is 44.6 Å². The van der Waals surface area contributed by atoms with Crippen LogP contribution in [0.2, 0.25) is 0 Å². The Hall–Kier alpha value is -2.08. The fourth-order valence-corrected chi connectivity index (χ4v) is 3.05. The number of nitrogens with zero attached hydrogens (tertiary/aromatic N) is 3. The van der Waals surface area contributed by atoms with Gasteiger partial charge >= 0.3 is 5.97 Å². The molecule has 3 rings (SSSR count). The first-order valence-electron chi connectivity index (χ1n) is 7.26. The first kappa shape index (κ1) is 13.9. The minimum absolute atomic E-state index is 0.0583. The Kier molecular flexibility index (Phi) is 3.55. The number of imidazole rings is 1. The third-order valence-corrected chi connectivity index (χ3v) is 4.25. The maximum Gasteiger partial charge on any atom is 0.356 e. The molecule has 21 heavy (non-hydrogen) atoms. The molecule has 0 unspecified atom stereocenters. The van der Waals surface area contributed by atoms with E-state index in [0.29, 0.717) is 5.52 Å². The second-order valence-electron chi connectivity index (χ2n) is 5.47. The van der Waals surface area contributed by atoms with Gasteiger partial charge in [-0.2, -0.15) is 0 Å². The number of aromatic hydroxyl groups is 1. The van der Waals surface area contributed by atoms with Crippen LogP contribution in [0.1, 0.15) is 42.0 Å². The average molecular weight is 289 g/mol. The van der Waals surface area contributed by atoms with Crippen LogP contribution in [0.5, 0.6) is 5.75 Å². The summed E-state index contributed by atoms with van der Waals surface area (Å²) in [6.45, 7) is 5.18. The van der Waals surface area contributed by atoms with Gasteiger partial charge in [0.25, 0.3) is 0 Å². The Bertz CT molecular complexity index is 672. The minimum Gasteiger partial charge on any atom is -0.506 e. The number of hydrogen-bond acceptors (Lipinski definition) is 4. The number of hydrogen-bond donors (Lipinski definition) is 2. The largest absolute Gasteiger partial charge is 0.506 e. The molecular weight excluding hydrogens is 270 g/mol. The van der Waals surface area contributed by atoms with Crippen molar-refractivity contribution >= 4 is 11.5 Å². The zero-order chi connectivity index (χ0) is 15.0. The van der Waals surface area contributed by atoms with Crippen LogP contribution in [0.25, 0.3) is 5.52 Å².